The van der Waals surface area contributed by atoms with Crippen molar-refractivity contribution >= 4 is 23.4 Å². The Bertz CT molecular complexity index is 1160. The molecule has 5 rings (SSSR count). The number of hydrogen-bond donors (Lipinski definition) is 1. The first-order valence-electron chi connectivity index (χ1n) is 10.4. The Morgan fingerprint density at radius 1 is 1.19 bits per heavy atom. The average molecular weight is 454 g/mol. The number of aromatic nitrogens is 2. The Morgan fingerprint density at radius 2 is 1.88 bits per heavy atom. The van der Waals surface area contributed by atoms with E-state index in [0.29, 0.717) is 30.5 Å². The van der Waals surface area contributed by atoms with Crippen molar-refractivity contribution < 1.29 is 18.8 Å². The summed E-state index contributed by atoms with van der Waals surface area (Å²) in [5, 5.41) is 13.5. The number of nitrogens with zero attached hydrogens (tertiary/aromatic N) is 3. The molecule has 2 aliphatic rings. The fourth-order valence-corrected chi connectivity index (χ4v) is 4.17. The van der Waals surface area contributed by atoms with E-state index in [2.05, 4.69) is 15.0 Å². The summed E-state index contributed by atoms with van der Waals surface area (Å²) in [5.74, 6) is -1.36. The first-order valence-corrected chi connectivity index (χ1v) is 10.8. The van der Waals surface area contributed by atoms with Crippen LogP contribution in [0, 0.1) is 5.92 Å². The molecule has 0 amide bonds. The maximum absolute atomic E-state index is 14.9. The third-order valence-corrected chi connectivity index (χ3v) is 6.42. The smallest absolute Gasteiger partial charge is 0.309 e. The van der Waals surface area contributed by atoms with Crippen molar-refractivity contribution in [1.29, 1.82) is 0 Å². The van der Waals surface area contributed by atoms with Gasteiger partial charge < -0.3 is 9.63 Å². The fourth-order valence-electron chi connectivity index (χ4n) is 4.05. The number of carbonyl (C=O) groups is 1. The molecule has 2 fully saturated rings. The van der Waals surface area contributed by atoms with Gasteiger partial charge in [0.15, 0.2) is 5.83 Å². The minimum absolute atomic E-state index is 0.135. The van der Waals surface area contributed by atoms with Crippen molar-refractivity contribution in [3.8, 4) is 11.4 Å². The number of aliphatic carboxylic acids is 1. The Morgan fingerprint density at radius 3 is 2.50 bits per heavy atom. The van der Waals surface area contributed by atoms with Crippen LogP contribution in [0.15, 0.2) is 59.1 Å². The third kappa shape index (κ3) is 4.18. The molecular weight excluding hydrogens is 433 g/mol. The van der Waals surface area contributed by atoms with Crippen LogP contribution in [0.25, 0.3) is 17.2 Å². The molecule has 164 valence electrons. The van der Waals surface area contributed by atoms with Gasteiger partial charge in [0.25, 0.3) is 5.89 Å². The Labute approximate surface area is 189 Å². The summed E-state index contributed by atoms with van der Waals surface area (Å²) < 4.78 is 20.1. The van der Waals surface area contributed by atoms with Crippen LogP contribution in [0.5, 0.6) is 0 Å². The minimum Gasteiger partial charge on any atom is -0.481 e. The third-order valence-electron chi connectivity index (χ3n) is 6.17. The normalized spacial score (nSPS) is 18.4. The zero-order chi connectivity index (χ0) is 22.3. The molecule has 8 heteroatoms. The van der Waals surface area contributed by atoms with Crippen molar-refractivity contribution in [1.82, 2.24) is 15.0 Å². The molecule has 1 aliphatic carbocycles. The lowest BCUT2D eigenvalue weighted by Crippen LogP contribution is -2.49. The largest absolute Gasteiger partial charge is 0.481 e. The van der Waals surface area contributed by atoms with Crippen LogP contribution in [0.3, 0.4) is 0 Å². The average Bonchev–Trinajstić information content (AvgIpc) is 3.35. The van der Waals surface area contributed by atoms with E-state index >= 15 is 0 Å². The number of allylic oxidation sites excluding steroid dienone is 1. The predicted molar refractivity (Wildman–Crippen MR) is 118 cm³/mol. The van der Waals surface area contributed by atoms with Gasteiger partial charge in [-0.3, -0.25) is 9.69 Å². The van der Waals surface area contributed by atoms with Crippen LogP contribution in [0.4, 0.5) is 4.39 Å². The Balaban J connectivity index is 1.26. The van der Waals surface area contributed by atoms with Gasteiger partial charge in [-0.2, -0.15) is 4.98 Å². The van der Waals surface area contributed by atoms with Gasteiger partial charge in [-0.25, -0.2) is 4.39 Å². The second-order valence-corrected chi connectivity index (χ2v) is 8.94. The van der Waals surface area contributed by atoms with Crippen LogP contribution in [-0.2, 0) is 16.8 Å². The topological polar surface area (TPSA) is 79.5 Å². The molecule has 2 heterocycles. The van der Waals surface area contributed by atoms with Crippen LogP contribution in [0.2, 0.25) is 5.02 Å². The summed E-state index contributed by atoms with van der Waals surface area (Å²) in [6, 6.07) is 15.0. The lowest BCUT2D eigenvalue weighted by atomic mass is 9.95. The molecule has 0 radical (unpaired) electrons. The summed E-state index contributed by atoms with van der Waals surface area (Å²) in [5.41, 5.74) is 2.46. The van der Waals surface area contributed by atoms with E-state index in [1.54, 1.807) is 6.08 Å². The standard InChI is InChI=1S/C24H21ClFN3O3/c25-19-7-5-18(6-8-19)24(9-10-24)11-20(26)22-27-21(28-32-22)16-3-1-15(2-4-16)12-29-13-17(14-29)23(30)31/h1-8,11,17H,9-10,12-14H2,(H,30,31). The van der Waals surface area contributed by atoms with Crippen LogP contribution < -0.4 is 0 Å². The monoisotopic (exact) mass is 453 g/mol. The van der Waals surface area contributed by atoms with E-state index in [4.69, 9.17) is 21.2 Å². The molecule has 0 bridgehead atoms. The summed E-state index contributed by atoms with van der Waals surface area (Å²) >= 11 is 5.96. The highest BCUT2D eigenvalue weighted by atomic mass is 35.5. The first kappa shape index (κ1) is 20.8. The number of carboxylic acids is 1. The van der Waals surface area contributed by atoms with Crippen molar-refractivity contribution in [2.75, 3.05) is 13.1 Å². The van der Waals surface area contributed by atoms with Gasteiger partial charge in [0.1, 0.15) is 0 Å². The highest BCUT2D eigenvalue weighted by Crippen LogP contribution is 2.51. The lowest BCUT2D eigenvalue weighted by molar-refractivity contribution is -0.147. The second-order valence-electron chi connectivity index (χ2n) is 8.50. The van der Waals surface area contributed by atoms with Gasteiger partial charge in [0, 0.05) is 35.6 Å². The Hall–Kier alpha value is -3.03. The van der Waals surface area contributed by atoms with Crippen LogP contribution >= 0.6 is 11.6 Å². The number of rotatable bonds is 7. The van der Waals surface area contributed by atoms with E-state index in [-0.39, 0.29) is 17.2 Å². The zero-order valence-corrected chi connectivity index (χ0v) is 17.9. The molecule has 0 unspecified atom stereocenters. The van der Waals surface area contributed by atoms with E-state index in [1.165, 1.54) is 0 Å². The fraction of sp³-hybridized carbons (Fsp3) is 0.292. The van der Waals surface area contributed by atoms with E-state index < -0.39 is 11.8 Å². The lowest BCUT2D eigenvalue weighted by Gasteiger charge is -2.36. The van der Waals surface area contributed by atoms with Gasteiger partial charge in [0.05, 0.1) is 5.92 Å². The van der Waals surface area contributed by atoms with Crippen molar-refractivity contribution in [3.05, 3.63) is 76.6 Å². The van der Waals surface area contributed by atoms with Crippen molar-refractivity contribution in [3.63, 3.8) is 0 Å². The molecular formula is C24H21ClFN3O3. The number of hydrogen-bond acceptors (Lipinski definition) is 5. The summed E-state index contributed by atoms with van der Waals surface area (Å²) in [4.78, 5) is 17.2. The number of halogens is 2. The highest BCUT2D eigenvalue weighted by Gasteiger charge is 2.43. The number of carboxylic acid groups (broad SMARTS) is 1. The molecule has 2 aromatic carbocycles. The summed E-state index contributed by atoms with van der Waals surface area (Å²) in [6.07, 6.45) is 3.28. The van der Waals surface area contributed by atoms with Crippen LogP contribution in [0.1, 0.15) is 29.9 Å². The number of benzene rings is 2. The number of likely N-dealkylation sites (tertiary alicyclic amines) is 1. The zero-order valence-electron chi connectivity index (χ0n) is 17.2. The molecule has 1 N–H and O–H groups in total. The Kier molecular flexibility index (Phi) is 5.31. The molecule has 6 nitrogen and oxygen atoms in total. The van der Waals surface area contributed by atoms with Crippen molar-refractivity contribution in [2.24, 2.45) is 5.92 Å². The maximum atomic E-state index is 14.9. The van der Waals surface area contributed by atoms with Crippen LogP contribution in [-0.4, -0.2) is 39.2 Å². The van der Waals surface area contributed by atoms with Gasteiger partial charge in [0.2, 0.25) is 5.82 Å². The molecule has 0 spiro atoms. The van der Waals surface area contributed by atoms with E-state index in [0.717, 1.165) is 29.5 Å². The molecule has 3 aromatic rings. The first-order chi connectivity index (χ1) is 15.4. The van der Waals surface area contributed by atoms with E-state index in [9.17, 15) is 9.18 Å². The quantitative estimate of drug-likeness (QED) is 0.545. The molecule has 1 saturated carbocycles. The van der Waals surface area contributed by atoms with Gasteiger partial charge in [-0.05, 0) is 42.2 Å². The van der Waals surface area contributed by atoms with Crippen molar-refractivity contribution in [2.45, 2.75) is 24.8 Å². The molecule has 0 atom stereocenters. The molecule has 1 aliphatic heterocycles. The maximum Gasteiger partial charge on any atom is 0.309 e. The SMILES string of the molecule is O=C(O)C1CN(Cc2ccc(-c3noc(C(F)=CC4(c5ccc(Cl)cc5)CC4)n3)cc2)C1. The van der Waals surface area contributed by atoms with Gasteiger partial charge in [-0.1, -0.05) is 53.2 Å². The van der Waals surface area contributed by atoms with E-state index in [1.807, 2.05) is 48.5 Å². The minimum atomic E-state index is -0.744. The molecule has 32 heavy (non-hydrogen) atoms. The van der Waals surface area contributed by atoms with Gasteiger partial charge >= 0.3 is 5.97 Å². The summed E-state index contributed by atoms with van der Waals surface area (Å²) in [6.45, 7) is 1.81. The predicted octanol–water partition coefficient (Wildman–Crippen LogP) is 4.95. The van der Waals surface area contributed by atoms with Gasteiger partial charge in [-0.15, -0.1) is 0 Å². The second kappa shape index (κ2) is 8.15. The highest BCUT2D eigenvalue weighted by molar-refractivity contribution is 6.30. The molecule has 1 aromatic heterocycles. The summed E-state index contributed by atoms with van der Waals surface area (Å²) in [7, 11) is 0. The molecule has 1 saturated heterocycles.